The molecule has 4 heteroatoms. The van der Waals surface area contributed by atoms with Gasteiger partial charge in [0.25, 0.3) is 0 Å². The van der Waals surface area contributed by atoms with Crippen LogP contribution in [0.15, 0.2) is 24.9 Å². The van der Waals surface area contributed by atoms with Gasteiger partial charge in [-0.25, -0.2) is 4.98 Å². The lowest BCUT2D eigenvalue weighted by Crippen LogP contribution is -2.21. The zero-order valence-electron chi connectivity index (χ0n) is 10.1. The van der Waals surface area contributed by atoms with Crippen molar-refractivity contribution in [1.29, 1.82) is 0 Å². The van der Waals surface area contributed by atoms with Crippen LogP contribution in [0, 0.1) is 0 Å². The maximum atomic E-state index is 4.42. The predicted octanol–water partition coefficient (Wildman–Crippen LogP) is 2.31. The number of aromatic nitrogens is 2. The van der Waals surface area contributed by atoms with Crippen LogP contribution in [0.1, 0.15) is 19.8 Å². The summed E-state index contributed by atoms with van der Waals surface area (Å²) in [5, 5.41) is 3.15. The van der Waals surface area contributed by atoms with Gasteiger partial charge in [-0.05, 0) is 12.5 Å². The smallest absolute Gasteiger partial charge is 0.226 e. The SMILES string of the molecule is C=CCNc1ccnc(N(C)CCCC)n1. The Morgan fingerprint density at radius 3 is 3.06 bits per heavy atom. The zero-order valence-corrected chi connectivity index (χ0v) is 10.1. The molecule has 1 aromatic heterocycles. The van der Waals surface area contributed by atoms with Gasteiger partial charge in [-0.15, -0.1) is 6.58 Å². The Kier molecular flexibility index (Phi) is 5.32. The Morgan fingerprint density at radius 2 is 2.38 bits per heavy atom. The quantitative estimate of drug-likeness (QED) is 0.716. The molecule has 1 rings (SSSR count). The number of anilines is 2. The largest absolute Gasteiger partial charge is 0.366 e. The van der Waals surface area contributed by atoms with Gasteiger partial charge in [0.15, 0.2) is 0 Å². The monoisotopic (exact) mass is 220 g/mol. The van der Waals surface area contributed by atoms with E-state index >= 15 is 0 Å². The fourth-order valence-corrected chi connectivity index (χ4v) is 1.30. The van der Waals surface area contributed by atoms with Gasteiger partial charge >= 0.3 is 0 Å². The highest BCUT2D eigenvalue weighted by Gasteiger charge is 2.03. The van der Waals surface area contributed by atoms with E-state index in [1.807, 2.05) is 19.2 Å². The third kappa shape index (κ3) is 3.88. The van der Waals surface area contributed by atoms with Gasteiger partial charge in [0.2, 0.25) is 5.95 Å². The Hall–Kier alpha value is -1.58. The van der Waals surface area contributed by atoms with Gasteiger partial charge in [-0.1, -0.05) is 19.4 Å². The average Bonchev–Trinajstić information content (AvgIpc) is 2.33. The first kappa shape index (κ1) is 12.5. The van der Waals surface area contributed by atoms with Crippen LogP contribution in [0.2, 0.25) is 0 Å². The molecule has 1 heterocycles. The Bertz CT molecular complexity index is 325. The first-order valence-electron chi connectivity index (χ1n) is 5.67. The van der Waals surface area contributed by atoms with E-state index in [0.29, 0.717) is 0 Å². The maximum absolute atomic E-state index is 4.42. The molecule has 0 unspecified atom stereocenters. The highest BCUT2D eigenvalue weighted by molar-refractivity contribution is 5.41. The van der Waals surface area contributed by atoms with Gasteiger partial charge in [0.1, 0.15) is 5.82 Å². The molecule has 0 radical (unpaired) electrons. The minimum atomic E-state index is 0.717. The van der Waals surface area contributed by atoms with Gasteiger partial charge in [0, 0.05) is 26.3 Å². The van der Waals surface area contributed by atoms with Crippen LogP contribution in [-0.2, 0) is 0 Å². The number of rotatable bonds is 7. The molecular formula is C12H20N4. The van der Waals surface area contributed by atoms with Crippen LogP contribution < -0.4 is 10.2 Å². The molecule has 1 N–H and O–H groups in total. The van der Waals surface area contributed by atoms with E-state index in [9.17, 15) is 0 Å². The summed E-state index contributed by atoms with van der Waals surface area (Å²) in [6.45, 7) is 7.54. The molecule has 0 aliphatic carbocycles. The summed E-state index contributed by atoms with van der Waals surface area (Å²) in [5.41, 5.74) is 0. The summed E-state index contributed by atoms with van der Waals surface area (Å²) in [4.78, 5) is 10.7. The van der Waals surface area contributed by atoms with Crippen molar-refractivity contribution in [2.45, 2.75) is 19.8 Å². The molecule has 0 aliphatic rings. The molecule has 0 aromatic carbocycles. The molecule has 4 nitrogen and oxygen atoms in total. The normalized spacial score (nSPS) is 9.88. The molecular weight excluding hydrogens is 200 g/mol. The van der Waals surface area contributed by atoms with E-state index in [-0.39, 0.29) is 0 Å². The fraction of sp³-hybridized carbons (Fsp3) is 0.500. The molecule has 1 aromatic rings. The zero-order chi connectivity index (χ0) is 11.8. The van der Waals surface area contributed by atoms with Gasteiger partial charge in [-0.2, -0.15) is 4.98 Å². The van der Waals surface area contributed by atoms with Crippen LogP contribution in [0.4, 0.5) is 11.8 Å². The van der Waals surface area contributed by atoms with Crippen molar-refractivity contribution in [2.75, 3.05) is 30.4 Å². The Balaban J connectivity index is 2.61. The van der Waals surface area contributed by atoms with Crippen molar-refractivity contribution in [1.82, 2.24) is 9.97 Å². The molecule has 0 bridgehead atoms. The summed E-state index contributed by atoms with van der Waals surface area (Å²) in [6.07, 6.45) is 5.92. The molecule has 0 saturated heterocycles. The first-order valence-corrected chi connectivity index (χ1v) is 5.67. The summed E-state index contributed by atoms with van der Waals surface area (Å²) in [7, 11) is 2.02. The lowest BCUT2D eigenvalue weighted by molar-refractivity contribution is 0.750. The van der Waals surface area contributed by atoms with Crippen LogP contribution in [0.5, 0.6) is 0 Å². The Morgan fingerprint density at radius 1 is 1.56 bits per heavy atom. The van der Waals surface area contributed by atoms with Crippen LogP contribution >= 0.6 is 0 Å². The van der Waals surface area contributed by atoms with Crippen molar-refractivity contribution < 1.29 is 0 Å². The minimum Gasteiger partial charge on any atom is -0.366 e. The van der Waals surface area contributed by atoms with E-state index in [2.05, 4.69) is 33.7 Å². The lowest BCUT2D eigenvalue weighted by Gasteiger charge is -2.16. The third-order valence-electron chi connectivity index (χ3n) is 2.26. The van der Waals surface area contributed by atoms with Crippen molar-refractivity contribution >= 4 is 11.8 Å². The molecule has 0 aliphatic heterocycles. The molecule has 16 heavy (non-hydrogen) atoms. The van der Waals surface area contributed by atoms with E-state index in [4.69, 9.17) is 0 Å². The van der Waals surface area contributed by atoms with Gasteiger partial charge in [0.05, 0.1) is 0 Å². The molecule has 88 valence electrons. The number of unbranched alkanes of at least 4 members (excludes halogenated alkanes) is 1. The number of nitrogens with zero attached hydrogens (tertiary/aromatic N) is 3. The predicted molar refractivity (Wildman–Crippen MR) is 68.9 cm³/mol. The van der Waals surface area contributed by atoms with E-state index in [1.54, 1.807) is 6.20 Å². The second kappa shape index (κ2) is 6.82. The maximum Gasteiger partial charge on any atom is 0.226 e. The second-order valence-electron chi connectivity index (χ2n) is 3.69. The first-order chi connectivity index (χ1) is 7.77. The highest BCUT2D eigenvalue weighted by atomic mass is 15.2. The average molecular weight is 220 g/mol. The van der Waals surface area contributed by atoms with Gasteiger partial charge in [-0.3, -0.25) is 0 Å². The summed E-state index contributed by atoms with van der Waals surface area (Å²) in [5.74, 6) is 1.61. The summed E-state index contributed by atoms with van der Waals surface area (Å²) >= 11 is 0. The minimum absolute atomic E-state index is 0.717. The van der Waals surface area contributed by atoms with Gasteiger partial charge < -0.3 is 10.2 Å². The molecule has 0 amide bonds. The highest BCUT2D eigenvalue weighted by Crippen LogP contribution is 2.09. The molecule has 0 fully saturated rings. The van der Waals surface area contributed by atoms with E-state index < -0.39 is 0 Å². The van der Waals surface area contributed by atoms with Crippen LogP contribution in [-0.4, -0.2) is 30.1 Å². The number of hydrogen-bond donors (Lipinski definition) is 1. The van der Waals surface area contributed by atoms with E-state index in [0.717, 1.165) is 31.3 Å². The molecule has 0 atom stereocenters. The third-order valence-corrected chi connectivity index (χ3v) is 2.26. The Labute approximate surface area is 97.4 Å². The van der Waals surface area contributed by atoms with Crippen molar-refractivity contribution in [3.63, 3.8) is 0 Å². The lowest BCUT2D eigenvalue weighted by atomic mass is 10.3. The van der Waals surface area contributed by atoms with E-state index in [1.165, 1.54) is 6.42 Å². The van der Waals surface area contributed by atoms with Crippen LogP contribution in [0.25, 0.3) is 0 Å². The van der Waals surface area contributed by atoms with Crippen molar-refractivity contribution in [2.24, 2.45) is 0 Å². The fourth-order valence-electron chi connectivity index (χ4n) is 1.30. The van der Waals surface area contributed by atoms with Crippen LogP contribution in [0.3, 0.4) is 0 Å². The number of nitrogens with one attached hydrogen (secondary N) is 1. The topological polar surface area (TPSA) is 41.1 Å². The number of hydrogen-bond acceptors (Lipinski definition) is 4. The summed E-state index contributed by atoms with van der Waals surface area (Å²) < 4.78 is 0. The molecule has 0 saturated carbocycles. The van der Waals surface area contributed by atoms with Crippen molar-refractivity contribution in [3.8, 4) is 0 Å². The molecule has 0 spiro atoms. The van der Waals surface area contributed by atoms with Crippen molar-refractivity contribution in [3.05, 3.63) is 24.9 Å². The standard InChI is InChI=1S/C12H20N4/c1-4-6-10-16(3)12-14-9-7-11(15-12)13-8-5-2/h5,7,9H,2,4,6,8,10H2,1,3H3,(H,13,14,15). The second-order valence-corrected chi connectivity index (χ2v) is 3.69. The summed E-state index contributed by atoms with van der Waals surface area (Å²) in [6, 6.07) is 1.86.